The number of imide groups is 1. The van der Waals surface area contributed by atoms with Crippen molar-refractivity contribution in [1.29, 1.82) is 0 Å². The Morgan fingerprint density at radius 2 is 1.70 bits per heavy atom. The number of amides is 3. The summed E-state index contributed by atoms with van der Waals surface area (Å²) in [4.78, 5) is 39.1. The molecule has 2 aromatic rings. The zero-order valence-corrected chi connectivity index (χ0v) is 19.2. The van der Waals surface area contributed by atoms with Gasteiger partial charge in [-0.15, -0.1) is 0 Å². The van der Waals surface area contributed by atoms with Gasteiger partial charge in [-0.1, -0.05) is 54.6 Å². The van der Waals surface area contributed by atoms with Crippen LogP contribution in [0.15, 0.2) is 53.2 Å². The molecule has 1 heterocycles. The first-order valence-electron chi connectivity index (χ1n) is 10.7. The second-order valence-corrected chi connectivity index (χ2v) is 8.88. The number of carbonyl (C=O) groups excluding carboxylic acids is 3. The highest BCUT2D eigenvalue weighted by Crippen LogP contribution is 2.30. The van der Waals surface area contributed by atoms with E-state index in [2.05, 4.69) is 10.6 Å². The van der Waals surface area contributed by atoms with E-state index in [0.29, 0.717) is 11.3 Å². The van der Waals surface area contributed by atoms with E-state index in [9.17, 15) is 18.8 Å². The normalized spacial score (nSPS) is 17.0. The number of halogens is 3. The Balaban J connectivity index is 1.37. The molecule has 0 unspecified atom stereocenters. The van der Waals surface area contributed by atoms with Crippen LogP contribution in [0.4, 0.5) is 10.1 Å². The lowest BCUT2D eigenvalue weighted by atomic mass is 9.94. The average molecular weight is 490 g/mol. The van der Waals surface area contributed by atoms with Gasteiger partial charge in [0, 0.05) is 23.8 Å². The van der Waals surface area contributed by atoms with Crippen LogP contribution in [0, 0.1) is 5.82 Å². The molecule has 0 bridgehead atoms. The molecule has 0 spiro atoms. The van der Waals surface area contributed by atoms with Crippen LogP contribution < -0.4 is 10.6 Å². The molecule has 4 rings (SSSR count). The summed E-state index contributed by atoms with van der Waals surface area (Å²) in [5.74, 6) is -1.76. The van der Waals surface area contributed by atoms with Crippen LogP contribution in [-0.4, -0.2) is 28.7 Å². The zero-order chi connectivity index (χ0) is 23.5. The third kappa shape index (κ3) is 5.04. The number of nitrogens with zero attached hydrogens (tertiary/aromatic N) is 1. The molecule has 0 saturated heterocycles. The Kier molecular flexibility index (Phi) is 7.00. The first-order chi connectivity index (χ1) is 15.8. The number of hydrogen-bond donors (Lipinski definition) is 2. The standard InChI is InChI=1S/C24H22Cl2FN3O3/c25-18-12-16(10-11-19(18)27)29-22(31)15-8-6-14(7-9-15)13-28-21-20(26)23(32)30(24(21)33)17-4-2-1-3-5-17/h6-12,17,28H,1-5,13H2,(H,29,31). The first kappa shape index (κ1) is 23.3. The summed E-state index contributed by atoms with van der Waals surface area (Å²) >= 11 is 11.9. The van der Waals surface area contributed by atoms with Crippen molar-refractivity contribution in [2.45, 2.75) is 44.7 Å². The first-order valence-corrected chi connectivity index (χ1v) is 11.5. The summed E-state index contributed by atoms with van der Waals surface area (Å²) in [6.45, 7) is 0.262. The molecular formula is C24H22Cl2FN3O3. The lowest BCUT2D eigenvalue weighted by molar-refractivity contribution is -0.140. The van der Waals surface area contributed by atoms with Gasteiger partial charge in [-0.3, -0.25) is 19.3 Å². The van der Waals surface area contributed by atoms with Crippen LogP contribution in [0.25, 0.3) is 0 Å². The fourth-order valence-corrected chi connectivity index (χ4v) is 4.50. The number of rotatable bonds is 6. The Morgan fingerprint density at radius 3 is 2.36 bits per heavy atom. The summed E-state index contributed by atoms with van der Waals surface area (Å²) < 4.78 is 13.3. The van der Waals surface area contributed by atoms with E-state index in [4.69, 9.17) is 23.2 Å². The molecule has 0 radical (unpaired) electrons. The minimum atomic E-state index is -0.564. The second-order valence-electron chi connectivity index (χ2n) is 8.09. The molecule has 1 saturated carbocycles. The van der Waals surface area contributed by atoms with Gasteiger partial charge < -0.3 is 10.6 Å². The van der Waals surface area contributed by atoms with E-state index in [1.807, 2.05) is 0 Å². The minimum Gasteiger partial charge on any atom is -0.375 e. The van der Waals surface area contributed by atoms with Crippen molar-refractivity contribution in [3.05, 3.63) is 75.2 Å². The molecule has 2 aliphatic rings. The Labute approximate surface area is 200 Å². The minimum absolute atomic E-state index is 0.0795. The molecular weight excluding hydrogens is 468 g/mol. The molecule has 6 nitrogen and oxygen atoms in total. The van der Waals surface area contributed by atoms with Crippen molar-refractivity contribution in [3.8, 4) is 0 Å². The highest BCUT2D eigenvalue weighted by Gasteiger charge is 2.41. The van der Waals surface area contributed by atoms with Gasteiger partial charge in [-0.05, 0) is 48.7 Å². The zero-order valence-electron chi connectivity index (χ0n) is 17.7. The fraction of sp³-hybridized carbons (Fsp3) is 0.292. The quantitative estimate of drug-likeness (QED) is 0.561. The molecule has 0 atom stereocenters. The predicted octanol–water partition coefficient (Wildman–Crippen LogP) is 4.97. The molecule has 2 aromatic carbocycles. The number of carbonyl (C=O) groups is 3. The van der Waals surface area contributed by atoms with Crippen molar-refractivity contribution < 1.29 is 18.8 Å². The number of nitrogens with one attached hydrogen (secondary N) is 2. The summed E-state index contributed by atoms with van der Waals surface area (Å²) in [5.41, 5.74) is 1.68. The van der Waals surface area contributed by atoms with Gasteiger partial charge in [-0.2, -0.15) is 0 Å². The monoisotopic (exact) mass is 489 g/mol. The third-order valence-electron chi connectivity index (χ3n) is 5.86. The lowest BCUT2D eigenvalue weighted by Gasteiger charge is -2.29. The maximum Gasteiger partial charge on any atom is 0.278 e. The van der Waals surface area contributed by atoms with Crippen LogP contribution in [-0.2, 0) is 16.1 Å². The van der Waals surface area contributed by atoms with E-state index in [1.54, 1.807) is 24.3 Å². The number of anilines is 1. The SMILES string of the molecule is O=C(Nc1ccc(F)c(Cl)c1)c1ccc(CNC2=C(Cl)C(=O)N(C3CCCCC3)C2=O)cc1. The lowest BCUT2D eigenvalue weighted by Crippen LogP contribution is -2.43. The Bertz CT molecular complexity index is 1130. The Morgan fingerprint density at radius 1 is 1.00 bits per heavy atom. The molecule has 33 heavy (non-hydrogen) atoms. The summed E-state index contributed by atoms with van der Waals surface area (Å²) in [7, 11) is 0. The maximum atomic E-state index is 13.3. The Hall–Kier alpha value is -2.90. The summed E-state index contributed by atoms with van der Waals surface area (Å²) in [6.07, 6.45) is 4.72. The average Bonchev–Trinajstić information content (AvgIpc) is 3.03. The molecule has 1 fully saturated rings. The molecule has 172 valence electrons. The smallest absolute Gasteiger partial charge is 0.278 e. The summed E-state index contributed by atoms with van der Waals surface area (Å²) in [6, 6.07) is 10.6. The van der Waals surface area contributed by atoms with Gasteiger partial charge in [0.05, 0.1) is 5.02 Å². The van der Waals surface area contributed by atoms with Crippen LogP contribution >= 0.6 is 23.2 Å². The van der Waals surface area contributed by atoms with Crippen LogP contribution in [0.5, 0.6) is 0 Å². The van der Waals surface area contributed by atoms with Crippen molar-refractivity contribution in [1.82, 2.24) is 10.2 Å². The van der Waals surface area contributed by atoms with Gasteiger partial charge in [0.15, 0.2) is 0 Å². The van der Waals surface area contributed by atoms with Crippen molar-refractivity contribution in [3.63, 3.8) is 0 Å². The van der Waals surface area contributed by atoms with Crippen molar-refractivity contribution in [2.24, 2.45) is 0 Å². The van der Waals surface area contributed by atoms with Gasteiger partial charge in [0.1, 0.15) is 16.5 Å². The largest absolute Gasteiger partial charge is 0.375 e. The molecule has 1 aliphatic carbocycles. The van der Waals surface area contributed by atoms with Crippen LogP contribution in [0.2, 0.25) is 5.02 Å². The van der Waals surface area contributed by atoms with E-state index >= 15 is 0 Å². The third-order valence-corrected chi connectivity index (χ3v) is 6.50. The fourth-order valence-electron chi connectivity index (χ4n) is 4.08. The maximum absolute atomic E-state index is 13.3. The highest BCUT2D eigenvalue weighted by molar-refractivity contribution is 6.47. The molecule has 0 aromatic heterocycles. The molecule has 3 amide bonds. The number of hydrogen-bond acceptors (Lipinski definition) is 4. The van der Waals surface area contributed by atoms with Gasteiger partial charge >= 0.3 is 0 Å². The van der Waals surface area contributed by atoms with Gasteiger partial charge in [0.25, 0.3) is 17.7 Å². The highest BCUT2D eigenvalue weighted by atomic mass is 35.5. The topological polar surface area (TPSA) is 78.5 Å². The molecule has 9 heteroatoms. The van der Waals surface area contributed by atoms with Gasteiger partial charge in [0.2, 0.25) is 0 Å². The van der Waals surface area contributed by atoms with E-state index in [-0.39, 0.29) is 40.2 Å². The van der Waals surface area contributed by atoms with Gasteiger partial charge in [-0.25, -0.2) is 4.39 Å². The molecule has 2 N–H and O–H groups in total. The second kappa shape index (κ2) is 9.93. The van der Waals surface area contributed by atoms with Crippen LogP contribution in [0.1, 0.15) is 48.0 Å². The van der Waals surface area contributed by atoms with Crippen molar-refractivity contribution >= 4 is 46.6 Å². The van der Waals surface area contributed by atoms with E-state index in [0.717, 1.165) is 37.7 Å². The van der Waals surface area contributed by atoms with Crippen molar-refractivity contribution in [2.75, 3.05) is 5.32 Å². The predicted molar refractivity (Wildman–Crippen MR) is 124 cm³/mol. The molecule has 1 aliphatic heterocycles. The van der Waals surface area contributed by atoms with E-state index < -0.39 is 11.7 Å². The summed E-state index contributed by atoms with van der Waals surface area (Å²) in [5, 5.41) is 5.48. The van der Waals surface area contributed by atoms with E-state index in [1.165, 1.54) is 23.1 Å². The number of benzene rings is 2. The van der Waals surface area contributed by atoms with Crippen LogP contribution in [0.3, 0.4) is 0 Å².